The van der Waals surface area contributed by atoms with Gasteiger partial charge in [0.2, 0.25) is 5.89 Å². The lowest BCUT2D eigenvalue weighted by molar-refractivity contribution is 0.386. The number of nitrogen functional groups attached to an aromatic ring is 1. The van der Waals surface area contributed by atoms with Gasteiger partial charge in [0.25, 0.3) is 0 Å². The molecule has 1 aromatic heterocycles. The molecule has 2 rings (SSSR count). The summed E-state index contributed by atoms with van der Waals surface area (Å²) in [4.78, 5) is 0. The Morgan fingerprint density at radius 3 is 2.73 bits per heavy atom. The molecule has 0 atom stereocenters. The fourth-order valence-corrected chi connectivity index (χ4v) is 1.15. The van der Waals surface area contributed by atoms with Crippen LogP contribution in [0.25, 0.3) is 11.5 Å². The van der Waals surface area contributed by atoms with Crippen molar-refractivity contribution < 1.29 is 13.5 Å². The number of nitrogens with zero attached hydrogens (tertiary/aromatic N) is 2. The SMILES string of the molecule is COc1ccc(-c2nnc(N)o2)cc1F. The average molecular weight is 209 g/mol. The third-order valence-corrected chi connectivity index (χ3v) is 1.84. The number of rotatable bonds is 2. The predicted octanol–water partition coefficient (Wildman–Crippen LogP) is 1.47. The lowest BCUT2D eigenvalue weighted by Crippen LogP contribution is -1.88. The zero-order valence-corrected chi connectivity index (χ0v) is 7.90. The van der Waals surface area contributed by atoms with Gasteiger partial charge in [-0.1, -0.05) is 5.10 Å². The molecule has 5 nitrogen and oxygen atoms in total. The molecule has 0 saturated carbocycles. The molecule has 0 aliphatic carbocycles. The summed E-state index contributed by atoms with van der Waals surface area (Å²) < 4.78 is 23.0. The second kappa shape index (κ2) is 3.56. The van der Waals surface area contributed by atoms with E-state index in [0.717, 1.165) is 0 Å². The Hall–Kier alpha value is -2.11. The number of aromatic nitrogens is 2. The van der Waals surface area contributed by atoms with E-state index in [1.54, 1.807) is 6.07 Å². The molecule has 0 fully saturated rings. The van der Waals surface area contributed by atoms with Crippen LogP contribution in [0.4, 0.5) is 10.4 Å². The van der Waals surface area contributed by atoms with Crippen molar-refractivity contribution in [3.05, 3.63) is 24.0 Å². The number of benzene rings is 1. The van der Waals surface area contributed by atoms with Crippen molar-refractivity contribution in [3.63, 3.8) is 0 Å². The highest BCUT2D eigenvalue weighted by Crippen LogP contribution is 2.24. The van der Waals surface area contributed by atoms with Crippen LogP contribution in [0, 0.1) is 5.82 Å². The van der Waals surface area contributed by atoms with Crippen molar-refractivity contribution in [1.29, 1.82) is 0 Å². The number of ether oxygens (including phenoxy) is 1. The molecular formula is C9H8FN3O2. The van der Waals surface area contributed by atoms with Crippen LogP contribution in [0.5, 0.6) is 5.75 Å². The first-order valence-electron chi connectivity index (χ1n) is 4.13. The summed E-state index contributed by atoms with van der Waals surface area (Å²) in [7, 11) is 1.39. The predicted molar refractivity (Wildman–Crippen MR) is 50.7 cm³/mol. The Morgan fingerprint density at radius 1 is 1.40 bits per heavy atom. The van der Waals surface area contributed by atoms with E-state index in [4.69, 9.17) is 14.9 Å². The summed E-state index contributed by atoms with van der Waals surface area (Å²) >= 11 is 0. The standard InChI is InChI=1S/C9H8FN3O2/c1-14-7-3-2-5(4-6(7)10)8-12-13-9(11)15-8/h2-4H,1H3,(H2,11,13). The fourth-order valence-electron chi connectivity index (χ4n) is 1.15. The zero-order valence-electron chi connectivity index (χ0n) is 7.90. The van der Waals surface area contributed by atoms with Crippen molar-refractivity contribution in [2.45, 2.75) is 0 Å². The van der Waals surface area contributed by atoms with Gasteiger partial charge in [0, 0.05) is 5.56 Å². The van der Waals surface area contributed by atoms with Crippen molar-refractivity contribution >= 4 is 6.01 Å². The van der Waals surface area contributed by atoms with Gasteiger partial charge in [-0.05, 0) is 18.2 Å². The largest absolute Gasteiger partial charge is 0.494 e. The van der Waals surface area contributed by atoms with Gasteiger partial charge in [-0.15, -0.1) is 5.10 Å². The summed E-state index contributed by atoms with van der Waals surface area (Å²) in [6.07, 6.45) is 0. The third kappa shape index (κ3) is 1.74. The maximum atomic E-state index is 13.3. The minimum atomic E-state index is -0.494. The highest BCUT2D eigenvalue weighted by Gasteiger charge is 2.09. The van der Waals surface area contributed by atoms with E-state index in [1.165, 1.54) is 19.2 Å². The van der Waals surface area contributed by atoms with E-state index in [-0.39, 0.29) is 17.7 Å². The molecule has 15 heavy (non-hydrogen) atoms. The Bertz CT molecular complexity index is 484. The number of nitrogens with two attached hydrogens (primary N) is 1. The number of hydrogen-bond acceptors (Lipinski definition) is 5. The minimum absolute atomic E-state index is 0.0544. The summed E-state index contributed by atoms with van der Waals surface area (Å²) in [5, 5.41) is 7.11. The van der Waals surface area contributed by atoms with E-state index < -0.39 is 5.82 Å². The smallest absolute Gasteiger partial charge is 0.313 e. The maximum absolute atomic E-state index is 13.3. The van der Waals surface area contributed by atoms with Gasteiger partial charge in [-0.2, -0.15) is 0 Å². The van der Waals surface area contributed by atoms with E-state index >= 15 is 0 Å². The van der Waals surface area contributed by atoms with Crippen LogP contribution in [-0.2, 0) is 0 Å². The molecule has 0 bridgehead atoms. The van der Waals surface area contributed by atoms with Crippen molar-refractivity contribution in [2.75, 3.05) is 12.8 Å². The Morgan fingerprint density at radius 2 is 2.20 bits per heavy atom. The van der Waals surface area contributed by atoms with Crippen molar-refractivity contribution in [2.24, 2.45) is 0 Å². The minimum Gasteiger partial charge on any atom is -0.494 e. The van der Waals surface area contributed by atoms with Gasteiger partial charge >= 0.3 is 6.01 Å². The highest BCUT2D eigenvalue weighted by molar-refractivity contribution is 5.55. The second-order valence-electron chi connectivity index (χ2n) is 2.79. The first kappa shape index (κ1) is 9.45. The first-order valence-corrected chi connectivity index (χ1v) is 4.13. The summed E-state index contributed by atoms with van der Waals surface area (Å²) in [6.45, 7) is 0. The molecular weight excluding hydrogens is 201 g/mol. The molecule has 0 radical (unpaired) electrons. The lowest BCUT2D eigenvalue weighted by atomic mass is 10.2. The number of methoxy groups -OCH3 is 1. The van der Waals surface area contributed by atoms with Gasteiger partial charge in [0.15, 0.2) is 11.6 Å². The summed E-state index contributed by atoms with van der Waals surface area (Å²) in [6, 6.07) is 4.27. The quantitative estimate of drug-likeness (QED) is 0.810. The van der Waals surface area contributed by atoms with Crippen LogP contribution in [0.2, 0.25) is 0 Å². The molecule has 2 aromatic rings. The maximum Gasteiger partial charge on any atom is 0.313 e. The third-order valence-electron chi connectivity index (χ3n) is 1.84. The summed E-state index contributed by atoms with van der Waals surface area (Å²) in [5.41, 5.74) is 5.71. The molecule has 0 unspecified atom stereocenters. The second-order valence-corrected chi connectivity index (χ2v) is 2.79. The Kier molecular flexibility index (Phi) is 2.24. The molecule has 1 heterocycles. The first-order chi connectivity index (χ1) is 7.20. The molecule has 0 aliphatic rings. The van der Waals surface area contributed by atoms with E-state index in [2.05, 4.69) is 10.2 Å². The zero-order chi connectivity index (χ0) is 10.8. The van der Waals surface area contributed by atoms with Crippen LogP contribution in [0.15, 0.2) is 22.6 Å². The molecule has 0 amide bonds. The van der Waals surface area contributed by atoms with Gasteiger partial charge in [-0.3, -0.25) is 0 Å². The molecule has 0 spiro atoms. The number of anilines is 1. The monoisotopic (exact) mass is 209 g/mol. The molecule has 78 valence electrons. The Labute approximate surface area is 84.7 Å². The van der Waals surface area contributed by atoms with Crippen LogP contribution < -0.4 is 10.5 Å². The molecule has 6 heteroatoms. The normalized spacial score (nSPS) is 10.3. The van der Waals surface area contributed by atoms with E-state index in [9.17, 15) is 4.39 Å². The van der Waals surface area contributed by atoms with Crippen molar-refractivity contribution in [3.8, 4) is 17.2 Å². The van der Waals surface area contributed by atoms with E-state index in [1.807, 2.05) is 0 Å². The van der Waals surface area contributed by atoms with Crippen LogP contribution >= 0.6 is 0 Å². The molecule has 2 N–H and O–H groups in total. The van der Waals surface area contributed by atoms with Crippen LogP contribution in [0.1, 0.15) is 0 Å². The molecule has 0 aliphatic heterocycles. The molecule has 0 saturated heterocycles. The Balaban J connectivity index is 2.42. The average Bonchev–Trinajstić information content (AvgIpc) is 2.65. The topological polar surface area (TPSA) is 74.2 Å². The number of hydrogen-bond donors (Lipinski definition) is 1. The van der Waals surface area contributed by atoms with Gasteiger partial charge in [0.1, 0.15) is 0 Å². The van der Waals surface area contributed by atoms with Crippen molar-refractivity contribution in [1.82, 2.24) is 10.2 Å². The fraction of sp³-hybridized carbons (Fsp3) is 0.111. The van der Waals surface area contributed by atoms with Gasteiger partial charge < -0.3 is 14.9 Å². The molecule has 1 aromatic carbocycles. The van der Waals surface area contributed by atoms with Crippen LogP contribution in [0.3, 0.4) is 0 Å². The number of halogens is 1. The van der Waals surface area contributed by atoms with Crippen LogP contribution in [-0.4, -0.2) is 17.3 Å². The lowest BCUT2D eigenvalue weighted by Gasteiger charge is -2.01. The van der Waals surface area contributed by atoms with Gasteiger partial charge in [-0.25, -0.2) is 4.39 Å². The highest BCUT2D eigenvalue weighted by atomic mass is 19.1. The summed E-state index contributed by atoms with van der Waals surface area (Å²) in [5.74, 6) is -0.160. The van der Waals surface area contributed by atoms with E-state index in [0.29, 0.717) is 5.56 Å². The van der Waals surface area contributed by atoms with Gasteiger partial charge in [0.05, 0.1) is 7.11 Å².